The standard InChI is InChI=1S/C13H10FN3O/c1-9-4-13(18)17(8-16-9)7-11-5-10(6-15)2-3-12(11)14/h2-5,8H,7H2,1H3. The van der Waals surface area contributed by atoms with Gasteiger partial charge < -0.3 is 0 Å². The third kappa shape index (κ3) is 2.43. The minimum absolute atomic E-state index is 0.0630. The minimum Gasteiger partial charge on any atom is -0.295 e. The molecule has 90 valence electrons. The highest BCUT2D eigenvalue weighted by molar-refractivity contribution is 5.33. The van der Waals surface area contributed by atoms with Crippen LogP contribution in [-0.4, -0.2) is 9.55 Å². The monoisotopic (exact) mass is 243 g/mol. The molecule has 0 spiro atoms. The molecule has 0 N–H and O–H groups in total. The number of nitriles is 1. The summed E-state index contributed by atoms with van der Waals surface area (Å²) in [7, 11) is 0. The lowest BCUT2D eigenvalue weighted by Crippen LogP contribution is -2.21. The molecule has 0 radical (unpaired) electrons. The lowest BCUT2D eigenvalue weighted by atomic mass is 10.1. The van der Waals surface area contributed by atoms with Crippen LogP contribution in [0, 0.1) is 24.1 Å². The number of hydrogen-bond donors (Lipinski definition) is 0. The zero-order valence-corrected chi connectivity index (χ0v) is 9.72. The van der Waals surface area contributed by atoms with Gasteiger partial charge >= 0.3 is 0 Å². The summed E-state index contributed by atoms with van der Waals surface area (Å²) in [6.45, 7) is 1.77. The second-order valence-electron chi connectivity index (χ2n) is 3.91. The Bertz CT molecular complexity index is 685. The molecule has 18 heavy (non-hydrogen) atoms. The van der Waals surface area contributed by atoms with Crippen molar-refractivity contribution in [2.24, 2.45) is 0 Å². The number of hydrogen-bond acceptors (Lipinski definition) is 3. The number of benzene rings is 1. The van der Waals surface area contributed by atoms with Crippen molar-refractivity contribution in [3.8, 4) is 6.07 Å². The fourth-order valence-electron chi connectivity index (χ4n) is 1.58. The molecule has 0 aliphatic heterocycles. The Morgan fingerprint density at radius 2 is 2.22 bits per heavy atom. The van der Waals surface area contributed by atoms with E-state index in [4.69, 9.17) is 5.26 Å². The Kier molecular flexibility index (Phi) is 3.20. The van der Waals surface area contributed by atoms with Gasteiger partial charge in [0.2, 0.25) is 0 Å². The fraction of sp³-hybridized carbons (Fsp3) is 0.154. The maximum atomic E-state index is 13.6. The van der Waals surface area contributed by atoms with E-state index in [-0.39, 0.29) is 12.1 Å². The molecule has 0 amide bonds. The summed E-state index contributed by atoms with van der Waals surface area (Å²) < 4.78 is 14.9. The topological polar surface area (TPSA) is 58.7 Å². The lowest BCUT2D eigenvalue weighted by molar-refractivity contribution is 0.593. The predicted molar refractivity (Wildman–Crippen MR) is 63.5 cm³/mol. The van der Waals surface area contributed by atoms with Crippen LogP contribution >= 0.6 is 0 Å². The quantitative estimate of drug-likeness (QED) is 0.805. The molecule has 5 heteroatoms. The van der Waals surface area contributed by atoms with Gasteiger partial charge in [0, 0.05) is 17.3 Å². The van der Waals surface area contributed by atoms with Crippen molar-refractivity contribution in [1.82, 2.24) is 9.55 Å². The van der Waals surface area contributed by atoms with Crippen molar-refractivity contribution in [3.63, 3.8) is 0 Å². The van der Waals surface area contributed by atoms with E-state index in [1.165, 1.54) is 35.2 Å². The van der Waals surface area contributed by atoms with Crippen LogP contribution in [0.1, 0.15) is 16.8 Å². The van der Waals surface area contributed by atoms with E-state index < -0.39 is 5.82 Å². The van der Waals surface area contributed by atoms with Gasteiger partial charge in [-0.1, -0.05) is 0 Å². The predicted octanol–water partition coefficient (Wildman–Crippen LogP) is 1.61. The van der Waals surface area contributed by atoms with E-state index in [0.29, 0.717) is 16.8 Å². The molecule has 1 aromatic heterocycles. The van der Waals surface area contributed by atoms with E-state index >= 15 is 0 Å². The van der Waals surface area contributed by atoms with Gasteiger partial charge in [0.1, 0.15) is 5.82 Å². The average molecular weight is 243 g/mol. The molecule has 4 nitrogen and oxygen atoms in total. The molecule has 0 aliphatic rings. The first kappa shape index (κ1) is 12.0. The zero-order chi connectivity index (χ0) is 13.1. The molecule has 0 aliphatic carbocycles. The third-order valence-electron chi connectivity index (χ3n) is 2.53. The van der Waals surface area contributed by atoms with Crippen molar-refractivity contribution in [1.29, 1.82) is 5.26 Å². The van der Waals surface area contributed by atoms with Crippen molar-refractivity contribution < 1.29 is 4.39 Å². The van der Waals surface area contributed by atoms with E-state index in [1.807, 2.05) is 6.07 Å². The summed E-state index contributed by atoms with van der Waals surface area (Å²) in [5.74, 6) is -0.443. The molecule has 0 atom stereocenters. The second-order valence-corrected chi connectivity index (χ2v) is 3.91. The smallest absolute Gasteiger partial charge is 0.253 e. The molecule has 0 unspecified atom stereocenters. The molecule has 1 aromatic carbocycles. The van der Waals surface area contributed by atoms with Gasteiger partial charge in [-0.15, -0.1) is 0 Å². The number of rotatable bonds is 2. The lowest BCUT2D eigenvalue weighted by Gasteiger charge is -2.06. The van der Waals surface area contributed by atoms with E-state index in [2.05, 4.69) is 4.98 Å². The van der Waals surface area contributed by atoms with E-state index in [1.54, 1.807) is 6.92 Å². The first-order valence-corrected chi connectivity index (χ1v) is 5.32. The van der Waals surface area contributed by atoms with Crippen LogP contribution in [0.3, 0.4) is 0 Å². The molecule has 2 aromatic rings. The fourth-order valence-corrected chi connectivity index (χ4v) is 1.58. The van der Waals surface area contributed by atoms with Gasteiger partial charge in [-0.2, -0.15) is 5.26 Å². The van der Waals surface area contributed by atoms with Gasteiger partial charge in [-0.05, 0) is 25.1 Å². The molecule has 0 saturated carbocycles. The largest absolute Gasteiger partial charge is 0.295 e. The van der Waals surface area contributed by atoms with Crippen LogP contribution in [-0.2, 0) is 6.54 Å². The summed E-state index contributed by atoms with van der Waals surface area (Å²) in [5.41, 5.74) is 1.02. The Labute approximate surface area is 103 Å². The minimum atomic E-state index is -0.443. The first-order valence-electron chi connectivity index (χ1n) is 5.32. The summed E-state index contributed by atoms with van der Waals surface area (Å²) in [5, 5.41) is 8.76. The zero-order valence-electron chi connectivity index (χ0n) is 9.72. The third-order valence-corrected chi connectivity index (χ3v) is 2.53. The SMILES string of the molecule is Cc1cc(=O)n(Cc2cc(C#N)ccc2F)cn1. The Balaban J connectivity index is 2.40. The van der Waals surface area contributed by atoms with Crippen LogP contribution in [0.2, 0.25) is 0 Å². The summed E-state index contributed by atoms with van der Waals surface area (Å²) in [6.07, 6.45) is 1.37. The molecule has 0 saturated heterocycles. The number of nitrogens with zero attached hydrogens (tertiary/aromatic N) is 3. The van der Waals surface area contributed by atoms with Gasteiger partial charge in [0.05, 0.1) is 24.5 Å². The number of halogens is 1. The molecule has 0 fully saturated rings. The highest BCUT2D eigenvalue weighted by Crippen LogP contribution is 2.10. The Hall–Kier alpha value is -2.48. The van der Waals surface area contributed by atoms with Gasteiger partial charge in [0.25, 0.3) is 5.56 Å². The van der Waals surface area contributed by atoms with Crippen molar-refractivity contribution in [2.75, 3.05) is 0 Å². The van der Waals surface area contributed by atoms with Crippen molar-refractivity contribution in [2.45, 2.75) is 13.5 Å². The van der Waals surface area contributed by atoms with Crippen LogP contribution in [0.15, 0.2) is 35.4 Å². The summed E-state index contributed by atoms with van der Waals surface area (Å²) in [4.78, 5) is 15.6. The molecular formula is C13H10FN3O. The van der Waals surface area contributed by atoms with E-state index in [0.717, 1.165) is 0 Å². The number of aryl methyl sites for hydroxylation is 1. The number of aromatic nitrogens is 2. The van der Waals surface area contributed by atoms with Gasteiger partial charge in [0.15, 0.2) is 0 Å². The Morgan fingerprint density at radius 3 is 2.89 bits per heavy atom. The molecule has 2 rings (SSSR count). The second kappa shape index (κ2) is 4.80. The highest BCUT2D eigenvalue weighted by atomic mass is 19.1. The molecule has 1 heterocycles. The summed E-state index contributed by atoms with van der Waals surface area (Å²) in [6, 6.07) is 7.37. The average Bonchev–Trinajstić information content (AvgIpc) is 2.35. The Morgan fingerprint density at radius 1 is 1.44 bits per heavy atom. The van der Waals surface area contributed by atoms with Crippen molar-refractivity contribution >= 4 is 0 Å². The molecule has 0 bridgehead atoms. The van der Waals surface area contributed by atoms with Crippen molar-refractivity contribution in [3.05, 3.63) is 63.6 Å². The van der Waals surface area contributed by atoms with Gasteiger partial charge in [-0.25, -0.2) is 9.37 Å². The van der Waals surface area contributed by atoms with Crippen LogP contribution in [0.5, 0.6) is 0 Å². The molecular weight excluding hydrogens is 233 g/mol. The van der Waals surface area contributed by atoms with Gasteiger partial charge in [-0.3, -0.25) is 9.36 Å². The highest BCUT2D eigenvalue weighted by Gasteiger charge is 2.06. The van der Waals surface area contributed by atoms with Crippen LogP contribution < -0.4 is 5.56 Å². The van der Waals surface area contributed by atoms with Crippen LogP contribution in [0.25, 0.3) is 0 Å². The normalized spacial score (nSPS) is 10.1. The maximum Gasteiger partial charge on any atom is 0.253 e. The van der Waals surface area contributed by atoms with Crippen LogP contribution in [0.4, 0.5) is 4.39 Å². The first-order chi connectivity index (χ1) is 8.60. The van der Waals surface area contributed by atoms with E-state index in [9.17, 15) is 9.18 Å². The summed E-state index contributed by atoms with van der Waals surface area (Å²) >= 11 is 0. The maximum absolute atomic E-state index is 13.6.